The fraction of sp³-hybridized carbons (Fsp3) is 0.333. The average Bonchev–Trinajstić information content (AvgIpc) is 3.47. The Balaban J connectivity index is 1.50. The second-order valence-corrected chi connectivity index (χ2v) is 7.13. The van der Waals surface area contributed by atoms with Crippen molar-refractivity contribution in [1.29, 1.82) is 0 Å². The van der Waals surface area contributed by atoms with Crippen LogP contribution < -0.4 is 19.3 Å². The van der Waals surface area contributed by atoms with Gasteiger partial charge in [-0.25, -0.2) is 0 Å². The van der Waals surface area contributed by atoms with Crippen LogP contribution in [0.25, 0.3) is 0 Å². The molecule has 3 aliphatic rings. The average molecular weight is 364 g/mol. The summed E-state index contributed by atoms with van der Waals surface area (Å²) < 4.78 is 10.7. The van der Waals surface area contributed by atoms with Crippen LogP contribution in [-0.2, 0) is 4.79 Å². The first kappa shape index (κ1) is 16.2. The van der Waals surface area contributed by atoms with Crippen LogP contribution in [0.4, 0.5) is 11.4 Å². The van der Waals surface area contributed by atoms with Crippen molar-refractivity contribution in [2.24, 2.45) is 5.92 Å². The van der Waals surface area contributed by atoms with Gasteiger partial charge in [0.2, 0.25) is 12.7 Å². The molecule has 2 aliphatic heterocycles. The number of carbonyl (C=O) groups is 2. The maximum absolute atomic E-state index is 13.3. The minimum Gasteiger partial charge on any atom is -0.454 e. The van der Waals surface area contributed by atoms with Crippen molar-refractivity contribution in [3.63, 3.8) is 0 Å². The number of amides is 2. The van der Waals surface area contributed by atoms with Gasteiger partial charge >= 0.3 is 0 Å². The van der Waals surface area contributed by atoms with E-state index in [1.165, 1.54) is 0 Å². The highest BCUT2D eigenvalue weighted by molar-refractivity contribution is 6.10. The summed E-state index contributed by atoms with van der Waals surface area (Å²) in [4.78, 5) is 29.6. The minimum absolute atomic E-state index is 0.0959. The van der Waals surface area contributed by atoms with E-state index >= 15 is 0 Å². The Morgan fingerprint density at radius 2 is 1.59 bits per heavy atom. The van der Waals surface area contributed by atoms with Crippen molar-refractivity contribution < 1.29 is 19.1 Å². The summed E-state index contributed by atoms with van der Waals surface area (Å²) >= 11 is 0. The molecule has 2 aromatic rings. The number of hydrogen-bond acceptors (Lipinski definition) is 4. The smallest absolute Gasteiger partial charge is 0.258 e. The van der Waals surface area contributed by atoms with E-state index in [1.807, 2.05) is 29.2 Å². The molecule has 0 saturated heterocycles. The van der Waals surface area contributed by atoms with Crippen LogP contribution in [-0.4, -0.2) is 31.7 Å². The molecule has 0 radical (unpaired) electrons. The van der Waals surface area contributed by atoms with Crippen LogP contribution in [0, 0.1) is 5.92 Å². The lowest BCUT2D eigenvalue weighted by molar-refractivity contribution is -0.119. The van der Waals surface area contributed by atoms with Gasteiger partial charge in [-0.15, -0.1) is 0 Å². The molecule has 0 bridgehead atoms. The second kappa shape index (κ2) is 6.30. The Labute approximate surface area is 157 Å². The Morgan fingerprint density at radius 3 is 2.37 bits per heavy atom. The highest BCUT2D eigenvalue weighted by Crippen LogP contribution is 2.39. The highest BCUT2D eigenvalue weighted by Gasteiger charge is 2.36. The molecule has 1 fully saturated rings. The summed E-state index contributed by atoms with van der Waals surface area (Å²) in [6.07, 6.45) is 2.68. The van der Waals surface area contributed by atoms with Gasteiger partial charge in [0.1, 0.15) is 0 Å². The van der Waals surface area contributed by atoms with E-state index in [-0.39, 0.29) is 24.5 Å². The van der Waals surface area contributed by atoms with Crippen LogP contribution in [0.1, 0.15) is 29.6 Å². The molecule has 5 rings (SSSR count). The summed E-state index contributed by atoms with van der Waals surface area (Å²) in [6.45, 7) is 1.38. The molecule has 1 aliphatic carbocycles. The molecule has 6 heteroatoms. The molecule has 27 heavy (non-hydrogen) atoms. The molecule has 2 heterocycles. The fourth-order valence-corrected chi connectivity index (χ4v) is 3.72. The predicted molar refractivity (Wildman–Crippen MR) is 100 cm³/mol. The first-order chi connectivity index (χ1) is 13.2. The molecule has 2 aromatic carbocycles. The molecule has 1 saturated carbocycles. The first-order valence-electron chi connectivity index (χ1n) is 9.34. The van der Waals surface area contributed by atoms with E-state index in [0.29, 0.717) is 30.2 Å². The summed E-state index contributed by atoms with van der Waals surface area (Å²) in [5, 5.41) is 0. The van der Waals surface area contributed by atoms with Gasteiger partial charge in [-0.3, -0.25) is 9.59 Å². The number of carbonyl (C=O) groups excluding carboxylic acids is 2. The summed E-state index contributed by atoms with van der Waals surface area (Å²) in [6, 6.07) is 12.9. The molecule has 0 spiro atoms. The third kappa shape index (κ3) is 2.81. The van der Waals surface area contributed by atoms with Gasteiger partial charge < -0.3 is 19.3 Å². The molecule has 2 amide bonds. The molecule has 0 aromatic heterocycles. The molecular weight excluding hydrogens is 344 g/mol. The Morgan fingerprint density at radius 1 is 0.889 bits per heavy atom. The number of nitrogens with zero attached hydrogens (tertiary/aromatic N) is 2. The van der Waals surface area contributed by atoms with Crippen molar-refractivity contribution in [3.05, 3.63) is 48.0 Å². The Bertz CT molecular complexity index is 922. The van der Waals surface area contributed by atoms with E-state index in [0.717, 1.165) is 30.6 Å². The van der Waals surface area contributed by atoms with Crippen molar-refractivity contribution in [2.75, 3.05) is 29.7 Å². The van der Waals surface area contributed by atoms with Crippen molar-refractivity contribution in [2.45, 2.75) is 19.3 Å². The number of ether oxygens (including phenoxy) is 2. The normalized spacial score (nSPS) is 18.1. The SMILES string of the molecule is O=C(c1ccc2c(c1)OCO2)N1CCCN(C(=O)C2CC2)c2ccccc21. The van der Waals surface area contributed by atoms with Crippen LogP contribution >= 0.6 is 0 Å². The second-order valence-electron chi connectivity index (χ2n) is 7.13. The lowest BCUT2D eigenvalue weighted by atomic mass is 10.1. The van der Waals surface area contributed by atoms with Crippen molar-refractivity contribution in [3.8, 4) is 11.5 Å². The lowest BCUT2D eigenvalue weighted by Crippen LogP contribution is -2.32. The lowest BCUT2D eigenvalue weighted by Gasteiger charge is -2.25. The van der Waals surface area contributed by atoms with E-state index in [4.69, 9.17) is 9.47 Å². The van der Waals surface area contributed by atoms with E-state index in [9.17, 15) is 9.59 Å². The summed E-state index contributed by atoms with van der Waals surface area (Å²) in [5.41, 5.74) is 2.16. The Kier molecular flexibility index (Phi) is 3.77. The maximum atomic E-state index is 13.3. The van der Waals surface area contributed by atoms with Crippen LogP contribution in [0.15, 0.2) is 42.5 Å². The van der Waals surface area contributed by atoms with E-state index < -0.39 is 0 Å². The van der Waals surface area contributed by atoms with Gasteiger partial charge in [-0.1, -0.05) is 12.1 Å². The number of hydrogen-bond donors (Lipinski definition) is 0. The quantitative estimate of drug-likeness (QED) is 0.821. The Hall–Kier alpha value is -3.02. The zero-order chi connectivity index (χ0) is 18.4. The van der Waals surface area contributed by atoms with Crippen LogP contribution in [0.2, 0.25) is 0 Å². The number of para-hydroxylation sites is 2. The molecular formula is C21H20N2O4. The topological polar surface area (TPSA) is 59.1 Å². The molecule has 0 unspecified atom stereocenters. The zero-order valence-electron chi connectivity index (χ0n) is 14.9. The molecule has 0 atom stereocenters. The molecule has 0 N–H and O–H groups in total. The van der Waals surface area contributed by atoms with Crippen molar-refractivity contribution in [1.82, 2.24) is 0 Å². The third-order valence-electron chi connectivity index (χ3n) is 5.28. The fourth-order valence-electron chi connectivity index (χ4n) is 3.72. The van der Waals surface area contributed by atoms with Crippen LogP contribution in [0.3, 0.4) is 0 Å². The number of anilines is 2. The van der Waals surface area contributed by atoms with Gasteiger partial charge in [-0.05, 0) is 49.6 Å². The standard InChI is InChI=1S/C21H20N2O4/c24-20(14-6-7-14)22-10-3-11-23(17-5-2-1-4-16(17)22)21(25)15-8-9-18-19(12-15)27-13-26-18/h1-2,4-5,8-9,12,14H,3,6-7,10-11,13H2. The first-order valence-corrected chi connectivity index (χ1v) is 9.34. The monoisotopic (exact) mass is 364 g/mol. The van der Waals surface area contributed by atoms with Gasteiger partial charge in [0.15, 0.2) is 11.5 Å². The van der Waals surface area contributed by atoms with Gasteiger partial charge in [0.05, 0.1) is 11.4 Å². The summed E-state index contributed by atoms with van der Waals surface area (Å²) in [5.74, 6) is 1.48. The predicted octanol–water partition coefficient (Wildman–Crippen LogP) is 3.21. The van der Waals surface area contributed by atoms with Crippen LogP contribution in [0.5, 0.6) is 11.5 Å². The third-order valence-corrected chi connectivity index (χ3v) is 5.28. The number of rotatable bonds is 2. The zero-order valence-corrected chi connectivity index (χ0v) is 14.9. The maximum Gasteiger partial charge on any atom is 0.258 e. The number of fused-ring (bicyclic) bond motifs is 2. The largest absolute Gasteiger partial charge is 0.454 e. The van der Waals surface area contributed by atoms with Gasteiger partial charge in [-0.2, -0.15) is 0 Å². The minimum atomic E-state index is -0.0959. The molecule has 6 nitrogen and oxygen atoms in total. The van der Waals surface area contributed by atoms with E-state index in [1.54, 1.807) is 23.1 Å². The van der Waals surface area contributed by atoms with Crippen molar-refractivity contribution >= 4 is 23.2 Å². The van der Waals surface area contributed by atoms with Gasteiger partial charge in [0, 0.05) is 24.6 Å². The molecule has 138 valence electrons. The van der Waals surface area contributed by atoms with E-state index in [2.05, 4.69) is 0 Å². The highest BCUT2D eigenvalue weighted by atomic mass is 16.7. The number of benzene rings is 2. The van der Waals surface area contributed by atoms with Gasteiger partial charge in [0.25, 0.3) is 5.91 Å². The summed E-state index contributed by atoms with van der Waals surface area (Å²) in [7, 11) is 0.